The number of benzene rings is 1. The number of aromatic nitrogens is 2. The summed E-state index contributed by atoms with van der Waals surface area (Å²) >= 11 is 1.11. The van der Waals surface area contributed by atoms with E-state index in [0.29, 0.717) is 5.89 Å². The normalized spacial score (nSPS) is 14.9. The highest BCUT2D eigenvalue weighted by Gasteiger charge is 2.25. The molecule has 0 radical (unpaired) electrons. The van der Waals surface area contributed by atoms with Crippen LogP contribution in [-0.4, -0.2) is 33.4 Å². The highest BCUT2D eigenvalue weighted by molar-refractivity contribution is 8.00. The first kappa shape index (κ1) is 16.5. The highest BCUT2D eigenvalue weighted by atomic mass is 32.2. The zero-order chi connectivity index (χ0) is 17.1. The second-order valence-corrected chi connectivity index (χ2v) is 7.03. The number of urea groups is 1. The maximum absolute atomic E-state index is 12.0. The zero-order valence-electron chi connectivity index (χ0n) is 13.4. The van der Waals surface area contributed by atoms with Gasteiger partial charge in [0.25, 0.3) is 5.22 Å². The van der Waals surface area contributed by atoms with E-state index in [1.165, 1.54) is 0 Å². The molecule has 1 aromatic carbocycles. The van der Waals surface area contributed by atoms with Crippen LogP contribution in [0.4, 0.5) is 4.79 Å². The number of carbonyl (C=O) groups excluding carboxylic acids is 2. The number of aryl methyl sites for hydroxylation is 1. The van der Waals surface area contributed by atoms with Crippen LogP contribution in [-0.2, 0) is 4.79 Å². The fraction of sp³-hybridized carbons (Fsp3) is 0.375. The van der Waals surface area contributed by atoms with Gasteiger partial charge in [-0.3, -0.25) is 10.1 Å². The number of nitrogens with one attached hydrogen (secondary N) is 2. The van der Waals surface area contributed by atoms with Crippen LogP contribution >= 0.6 is 11.8 Å². The minimum Gasteiger partial charge on any atom is -0.411 e. The SMILES string of the molecule is Cc1ccc(-c2nnc(SC(C)C(=O)NC(=O)NC3CC3)o2)cc1. The third-order valence-corrected chi connectivity index (χ3v) is 4.44. The molecule has 2 N–H and O–H groups in total. The van der Waals surface area contributed by atoms with Gasteiger partial charge in [0.05, 0.1) is 5.25 Å². The van der Waals surface area contributed by atoms with Gasteiger partial charge in [0.15, 0.2) is 0 Å². The molecule has 1 aliphatic carbocycles. The molecule has 0 bridgehead atoms. The molecule has 1 aromatic heterocycles. The summed E-state index contributed by atoms with van der Waals surface area (Å²) in [7, 11) is 0. The minimum absolute atomic E-state index is 0.203. The Morgan fingerprint density at radius 3 is 2.62 bits per heavy atom. The van der Waals surface area contributed by atoms with Crippen LogP contribution in [0.2, 0.25) is 0 Å². The largest absolute Gasteiger partial charge is 0.411 e. The molecule has 1 aliphatic rings. The Bertz CT molecular complexity index is 740. The van der Waals surface area contributed by atoms with Gasteiger partial charge in [-0.2, -0.15) is 0 Å². The van der Waals surface area contributed by atoms with E-state index in [1.807, 2.05) is 31.2 Å². The van der Waals surface area contributed by atoms with E-state index in [-0.39, 0.29) is 11.3 Å². The molecular formula is C16H18N4O3S. The molecule has 3 rings (SSSR count). The topological polar surface area (TPSA) is 97.1 Å². The molecule has 1 unspecified atom stereocenters. The lowest BCUT2D eigenvalue weighted by atomic mass is 10.1. The van der Waals surface area contributed by atoms with Crippen molar-refractivity contribution in [3.63, 3.8) is 0 Å². The van der Waals surface area contributed by atoms with E-state index in [9.17, 15) is 9.59 Å². The first-order valence-electron chi connectivity index (χ1n) is 7.70. The van der Waals surface area contributed by atoms with Gasteiger partial charge >= 0.3 is 6.03 Å². The predicted molar refractivity (Wildman–Crippen MR) is 89.5 cm³/mol. The maximum Gasteiger partial charge on any atom is 0.321 e. The van der Waals surface area contributed by atoms with Crippen LogP contribution in [0.5, 0.6) is 0 Å². The Labute approximate surface area is 143 Å². The predicted octanol–water partition coefficient (Wildman–Crippen LogP) is 2.51. The lowest BCUT2D eigenvalue weighted by Crippen LogP contribution is -2.43. The van der Waals surface area contributed by atoms with Crippen LogP contribution < -0.4 is 10.6 Å². The van der Waals surface area contributed by atoms with E-state index in [4.69, 9.17) is 4.42 Å². The number of carbonyl (C=O) groups is 2. The number of rotatable bonds is 5. The van der Waals surface area contributed by atoms with Crippen molar-refractivity contribution in [2.24, 2.45) is 0 Å². The molecule has 24 heavy (non-hydrogen) atoms. The molecule has 126 valence electrons. The standard InChI is InChI=1S/C16H18N4O3S/c1-9-3-5-11(6-4-9)14-19-20-16(23-14)24-10(2)13(21)18-15(22)17-12-7-8-12/h3-6,10,12H,7-8H2,1-2H3,(H2,17,18,21,22). The fourth-order valence-electron chi connectivity index (χ4n) is 1.94. The van der Waals surface area contributed by atoms with Crippen molar-refractivity contribution in [3.8, 4) is 11.5 Å². The molecule has 8 heteroatoms. The van der Waals surface area contributed by atoms with E-state index >= 15 is 0 Å². The van der Waals surface area contributed by atoms with Gasteiger partial charge in [-0.1, -0.05) is 29.5 Å². The van der Waals surface area contributed by atoms with Crippen molar-refractivity contribution in [3.05, 3.63) is 29.8 Å². The number of thioether (sulfide) groups is 1. The second kappa shape index (κ2) is 7.04. The van der Waals surface area contributed by atoms with Crippen LogP contribution in [0, 0.1) is 6.92 Å². The van der Waals surface area contributed by atoms with E-state index in [0.717, 1.165) is 35.7 Å². The molecule has 3 amide bonds. The van der Waals surface area contributed by atoms with Gasteiger partial charge in [0.2, 0.25) is 11.8 Å². The minimum atomic E-state index is -0.527. The Hall–Kier alpha value is -2.35. The van der Waals surface area contributed by atoms with Gasteiger partial charge in [0.1, 0.15) is 0 Å². The molecule has 0 saturated heterocycles. The number of hydrogen-bond donors (Lipinski definition) is 2. The summed E-state index contributed by atoms with van der Waals surface area (Å²) in [6.07, 6.45) is 1.94. The lowest BCUT2D eigenvalue weighted by Gasteiger charge is -2.09. The smallest absolute Gasteiger partial charge is 0.321 e. The number of imide groups is 1. The molecule has 1 fully saturated rings. The Morgan fingerprint density at radius 1 is 1.25 bits per heavy atom. The Kier molecular flexibility index (Phi) is 4.84. The van der Waals surface area contributed by atoms with E-state index in [1.54, 1.807) is 6.92 Å². The third kappa shape index (κ3) is 4.35. The highest BCUT2D eigenvalue weighted by Crippen LogP contribution is 2.26. The van der Waals surface area contributed by atoms with Crippen molar-refractivity contribution in [2.45, 2.75) is 43.2 Å². The fourth-order valence-corrected chi connectivity index (χ4v) is 2.62. The molecule has 0 aliphatic heterocycles. The molecule has 1 atom stereocenters. The van der Waals surface area contributed by atoms with Gasteiger partial charge in [-0.15, -0.1) is 10.2 Å². The van der Waals surface area contributed by atoms with Crippen molar-refractivity contribution >= 4 is 23.7 Å². The Balaban J connectivity index is 1.56. The quantitative estimate of drug-likeness (QED) is 0.808. The van der Waals surface area contributed by atoms with Gasteiger partial charge < -0.3 is 9.73 Å². The average Bonchev–Trinajstić information content (AvgIpc) is 3.23. The van der Waals surface area contributed by atoms with Gasteiger partial charge in [-0.25, -0.2) is 4.79 Å². The van der Waals surface area contributed by atoms with E-state index < -0.39 is 17.2 Å². The van der Waals surface area contributed by atoms with E-state index in [2.05, 4.69) is 20.8 Å². The molecule has 1 heterocycles. The summed E-state index contributed by atoms with van der Waals surface area (Å²) in [5.41, 5.74) is 1.96. The molecule has 7 nitrogen and oxygen atoms in total. The van der Waals surface area contributed by atoms with Crippen molar-refractivity contribution in [1.29, 1.82) is 0 Å². The van der Waals surface area contributed by atoms with Gasteiger partial charge in [0, 0.05) is 11.6 Å². The Morgan fingerprint density at radius 2 is 1.96 bits per heavy atom. The summed E-state index contributed by atoms with van der Waals surface area (Å²) in [6, 6.07) is 7.46. The van der Waals surface area contributed by atoms with Crippen LogP contribution in [0.25, 0.3) is 11.5 Å². The summed E-state index contributed by atoms with van der Waals surface area (Å²) < 4.78 is 5.57. The number of hydrogen-bond acceptors (Lipinski definition) is 6. The summed E-state index contributed by atoms with van der Waals surface area (Å²) in [5.74, 6) is 0.00446. The first-order valence-corrected chi connectivity index (χ1v) is 8.58. The molecule has 0 spiro atoms. The third-order valence-electron chi connectivity index (χ3n) is 3.50. The summed E-state index contributed by atoms with van der Waals surface area (Å²) in [6.45, 7) is 3.68. The number of amides is 3. The van der Waals surface area contributed by atoms with Crippen molar-refractivity contribution in [2.75, 3.05) is 0 Å². The lowest BCUT2D eigenvalue weighted by molar-refractivity contribution is -0.119. The maximum atomic E-state index is 12.0. The summed E-state index contributed by atoms with van der Waals surface area (Å²) in [5, 5.41) is 12.7. The molecule has 1 saturated carbocycles. The molecule has 2 aromatic rings. The van der Waals surface area contributed by atoms with Crippen molar-refractivity contribution < 1.29 is 14.0 Å². The average molecular weight is 346 g/mol. The first-order chi connectivity index (χ1) is 11.5. The second-order valence-electron chi connectivity index (χ2n) is 5.74. The van der Waals surface area contributed by atoms with Crippen LogP contribution in [0.3, 0.4) is 0 Å². The number of nitrogens with zero attached hydrogens (tertiary/aromatic N) is 2. The summed E-state index contributed by atoms with van der Waals surface area (Å²) in [4.78, 5) is 23.6. The molecular weight excluding hydrogens is 328 g/mol. The monoisotopic (exact) mass is 346 g/mol. The zero-order valence-corrected chi connectivity index (χ0v) is 14.2. The van der Waals surface area contributed by atoms with Gasteiger partial charge in [-0.05, 0) is 38.8 Å². The van der Waals surface area contributed by atoms with Crippen molar-refractivity contribution in [1.82, 2.24) is 20.8 Å². The van der Waals surface area contributed by atoms with Crippen LogP contribution in [0.15, 0.2) is 33.9 Å². The van der Waals surface area contributed by atoms with Crippen LogP contribution in [0.1, 0.15) is 25.3 Å².